The molecule has 4 nitrogen and oxygen atoms in total. The van der Waals surface area contributed by atoms with Gasteiger partial charge in [0.25, 0.3) is 0 Å². The molecule has 0 aliphatic heterocycles. The van der Waals surface area contributed by atoms with Crippen molar-refractivity contribution >= 4 is 23.4 Å². The fourth-order valence-electron chi connectivity index (χ4n) is 2.17. The van der Waals surface area contributed by atoms with Gasteiger partial charge in [0.2, 0.25) is 5.91 Å². The molecular weight excluding hydrogens is 344 g/mol. The molecule has 0 radical (unpaired) electrons. The molecule has 1 aromatic heterocycles. The van der Waals surface area contributed by atoms with Gasteiger partial charge in [0.15, 0.2) is 5.16 Å². The zero-order valence-electron chi connectivity index (χ0n) is 13.3. The van der Waals surface area contributed by atoms with Crippen LogP contribution in [0.4, 0.5) is 14.5 Å². The van der Waals surface area contributed by atoms with Crippen LogP contribution in [0.3, 0.4) is 0 Å². The molecule has 1 unspecified atom stereocenters. The number of nitrogens with one attached hydrogen (secondary N) is 2. The molecule has 3 rings (SSSR count). The summed E-state index contributed by atoms with van der Waals surface area (Å²) in [6.45, 7) is 1.74. The Bertz CT molecular complexity index is 880. The summed E-state index contributed by atoms with van der Waals surface area (Å²) in [4.78, 5) is 19.5. The summed E-state index contributed by atoms with van der Waals surface area (Å²) in [5, 5.41) is 2.80. The third-order valence-corrected chi connectivity index (χ3v) is 4.46. The number of thioether (sulfide) groups is 1. The maximum atomic E-state index is 13.2. The summed E-state index contributed by atoms with van der Waals surface area (Å²) in [6, 6.07) is 11.8. The van der Waals surface area contributed by atoms with E-state index in [0.29, 0.717) is 10.8 Å². The standard InChI is InChI=1S/C18H15F2N3OS/c1-11(17(24)22-15-4-2-3-14(20)9-15)25-18-21-10-16(23-18)12-5-7-13(19)8-6-12/h2-11H,1H3,(H,21,23)(H,22,24). The lowest BCUT2D eigenvalue weighted by atomic mass is 10.2. The van der Waals surface area contributed by atoms with E-state index >= 15 is 0 Å². The fraction of sp³-hybridized carbons (Fsp3) is 0.111. The number of anilines is 1. The third-order valence-electron chi connectivity index (χ3n) is 3.46. The predicted octanol–water partition coefficient (Wildman–Crippen LogP) is 4.47. The molecule has 7 heteroatoms. The summed E-state index contributed by atoms with van der Waals surface area (Å²) in [5.74, 6) is -0.969. The lowest BCUT2D eigenvalue weighted by Gasteiger charge is -2.10. The highest BCUT2D eigenvalue weighted by molar-refractivity contribution is 8.00. The third kappa shape index (κ3) is 4.45. The molecule has 0 bridgehead atoms. The second-order valence-corrected chi connectivity index (χ2v) is 6.70. The van der Waals surface area contributed by atoms with Crippen LogP contribution in [-0.2, 0) is 4.79 Å². The van der Waals surface area contributed by atoms with Crippen molar-refractivity contribution in [3.8, 4) is 11.3 Å². The van der Waals surface area contributed by atoms with E-state index < -0.39 is 11.1 Å². The maximum Gasteiger partial charge on any atom is 0.237 e. The first-order valence-electron chi connectivity index (χ1n) is 7.55. The van der Waals surface area contributed by atoms with Crippen molar-refractivity contribution in [3.05, 3.63) is 66.4 Å². The highest BCUT2D eigenvalue weighted by atomic mass is 32.2. The molecule has 1 atom stereocenters. The number of hydrogen-bond acceptors (Lipinski definition) is 3. The topological polar surface area (TPSA) is 57.8 Å². The number of nitrogens with zero attached hydrogens (tertiary/aromatic N) is 1. The van der Waals surface area contributed by atoms with Crippen LogP contribution < -0.4 is 5.32 Å². The van der Waals surface area contributed by atoms with Crippen LogP contribution in [0, 0.1) is 11.6 Å². The molecule has 1 heterocycles. The number of halogens is 2. The Kier molecular flexibility index (Phi) is 5.14. The first kappa shape index (κ1) is 17.2. The van der Waals surface area contributed by atoms with Gasteiger partial charge in [-0.05, 0) is 55.0 Å². The van der Waals surface area contributed by atoms with Crippen molar-refractivity contribution in [3.63, 3.8) is 0 Å². The predicted molar refractivity (Wildman–Crippen MR) is 94.3 cm³/mol. The molecule has 0 fully saturated rings. The molecule has 0 saturated carbocycles. The summed E-state index contributed by atoms with van der Waals surface area (Å²) >= 11 is 1.25. The number of aromatic nitrogens is 2. The molecular formula is C18H15F2N3OS. The molecule has 3 aromatic rings. The van der Waals surface area contributed by atoms with E-state index in [1.165, 1.54) is 42.1 Å². The minimum atomic E-state index is -0.435. The Labute approximate surface area is 147 Å². The molecule has 0 aliphatic carbocycles. The van der Waals surface area contributed by atoms with Crippen LogP contribution >= 0.6 is 11.8 Å². The zero-order chi connectivity index (χ0) is 17.8. The number of hydrogen-bond donors (Lipinski definition) is 2. The van der Waals surface area contributed by atoms with Crippen molar-refractivity contribution in [1.82, 2.24) is 9.97 Å². The molecule has 0 aliphatic rings. The molecule has 128 valence electrons. The van der Waals surface area contributed by atoms with Crippen LogP contribution in [-0.4, -0.2) is 21.1 Å². The largest absolute Gasteiger partial charge is 0.333 e. The van der Waals surface area contributed by atoms with E-state index in [-0.39, 0.29) is 11.7 Å². The van der Waals surface area contributed by atoms with Crippen molar-refractivity contribution in [2.24, 2.45) is 0 Å². The van der Waals surface area contributed by atoms with E-state index in [0.717, 1.165) is 11.3 Å². The minimum absolute atomic E-state index is 0.254. The number of aromatic amines is 1. The van der Waals surface area contributed by atoms with Gasteiger partial charge < -0.3 is 10.3 Å². The summed E-state index contributed by atoms with van der Waals surface area (Å²) in [5.41, 5.74) is 1.95. The van der Waals surface area contributed by atoms with Crippen molar-refractivity contribution < 1.29 is 13.6 Å². The SMILES string of the molecule is CC(Sc1ncc(-c2ccc(F)cc2)[nH]1)C(=O)Nc1cccc(F)c1. The average molecular weight is 359 g/mol. The van der Waals surface area contributed by atoms with Gasteiger partial charge in [-0.25, -0.2) is 13.8 Å². The normalized spacial score (nSPS) is 12.0. The van der Waals surface area contributed by atoms with Gasteiger partial charge in [0.05, 0.1) is 17.1 Å². The number of carbonyl (C=O) groups is 1. The van der Waals surface area contributed by atoms with Gasteiger partial charge in [-0.2, -0.15) is 0 Å². The Morgan fingerprint density at radius 2 is 1.92 bits per heavy atom. The lowest BCUT2D eigenvalue weighted by molar-refractivity contribution is -0.115. The van der Waals surface area contributed by atoms with E-state index in [9.17, 15) is 13.6 Å². The maximum absolute atomic E-state index is 13.2. The second kappa shape index (κ2) is 7.48. The molecule has 2 N–H and O–H groups in total. The van der Waals surface area contributed by atoms with E-state index in [1.54, 1.807) is 31.3 Å². The highest BCUT2D eigenvalue weighted by Gasteiger charge is 2.17. The summed E-state index contributed by atoms with van der Waals surface area (Å²) in [6.07, 6.45) is 1.63. The fourth-order valence-corrected chi connectivity index (χ4v) is 2.95. The van der Waals surface area contributed by atoms with E-state index in [1.807, 2.05) is 0 Å². The Balaban J connectivity index is 1.63. The quantitative estimate of drug-likeness (QED) is 0.661. The lowest BCUT2D eigenvalue weighted by Crippen LogP contribution is -2.22. The molecule has 0 spiro atoms. The second-order valence-electron chi connectivity index (χ2n) is 5.37. The van der Waals surface area contributed by atoms with Crippen molar-refractivity contribution in [1.29, 1.82) is 0 Å². The number of H-pyrrole nitrogens is 1. The van der Waals surface area contributed by atoms with Crippen molar-refractivity contribution in [2.75, 3.05) is 5.32 Å². The van der Waals surface area contributed by atoms with Gasteiger partial charge in [0.1, 0.15) is 11.6 Å². The van der Waals surface area contributed by atoms with Gasteiger partial charge >= 0.3 is 0 Å². The number of rotatable bonds is 5. The average Bonchev–Trinajstić information content (AvgIpc) is 3.04. The van der Waals surface area contributed by atoms with Crippen molar-refractivity contribution in [2.45, 2.75) is 17.3 Å². The highest BCUT2D eigenvalue weighted by Crippen LogP contribution is 2.25. The number of carbonyl (C=O) groups excluding carboxylic acids is 1. The zero-order valence-corrected chi connectivity index (χ0v) is 14.1. The van der Waals surface area contributed by atoms with Crippen LogP contribution in [0.15, 0.2) is 59.9 Å². The first-order chi connectivity index (χ1) is 12.0. The Morgan fingerprint density at radius 1 is 1.16 bits per heavy atom. The van der Waals surface area contributed by atoms with Crippen LogP contribution in [0.25, 0.3) is 11.3 Å². The Morgan fingerprint density at radius 3 is 2.64 bits per heavy atom. The summed E-state index contributed by atoms with van der Waals surface area (Å²) in [7, 11) is 0. The summed E-state index contributed by atoms with van der Waals surface area (Å²) < 4.78 is 26.1. The monoisotopic (exact) mass is 359 g/mol. The smallest absolute Gasteiger partial charge is 0.237 e. The van der Waals surface area contributed by atoms with Gasteiger partial charge in [-0.1, -0.05) is 17.8 Å². The number of imidazole rings is 1. The molecule has 1 amide bonds. The van der Waals surface area contributed by atoms with E-state index in [4.69, 9.17) is 0 Å². The number of amides is 1. The number of benzene rings is 2. The molecule has 0 saturated heterocycles. The van der Waals surface area contributed by atoms with Crippen LogP contribution in [0.1, 0.15) is 6.92 Å². The Hall–Kier alpha value is -2.67. The molecule has 25 heavy (non-hydrogen) atoms. The van der Waals surface area contributed by atoms with Crippen LogP contribution in [0.2, 0.25) is 0 Å². The van der Waals surface area contributed by atoms with Gasteiger partial charge in [0, 0.05) is 5.69 Å². The van der Waals surface area contributed by atoms with Gasteiger partial charge in [-0.3, -0.25) is 4.79 Å². The van der Waals surface area contributed by atoms with Gasteiger partial charge in [-0.15, -0.1) is 0 Å². The minimum Gasteiger partial charge on any atom is -0.333 e. The van der Waals surface area contributed by atoms with Crippen LogP contribution in [0.5, 0.6) is 0 Å². The molecule has 2 aromatic carbocycles. The van der Waals surface area contributed by atoms with E-state index in [2.05, 4.69) is 15.3 Å². The first-order valence-corrected chi connectivity index (χ1v) is 8.43.